The molecule has 5 nitrogen and oxygen atoms in total. The predicted molar refractivity (Wildman–Crippen MR) is 67.3 cm³/mol. The summed E-state index contributed by atoms with van der Waals surface area (Å²) in [6.07, 6.45) is 2.58. The Bertz CT molecular complexity index is 340. The number of carbonyl (C=O) groups is 2. The molecule has 0 spiro atoms. The Kier molecular flexibility index (Phi) is 4.45. The summed E-state index contributed by atoms with van der Waals surface area (Å²) in [5.41, 5.74) is 4.98. The smallest absolute Gasteiger partial charge is 0.307 e. The van der Waals surface area contributed by atoms with E-state index < -0.39 is 5.41 Å². The molecule has 0 unspecified atom stereocenters. The van der Waals surface area contributed by atoms with Gasteiger partial charge in [0.15, 0.2) is 0 Å². The first-order chi connectivity index (χ1) is 7.94. The molecular formula is C11H18N2O3S. The molecule has 17 heavy (non-hydrogen) atoms. The van der Waals surface area contributed by atoms with Crippen molar-refractivity contribution >= 4 is 29.1 Å². The lowest BCUT2D eigenvalue weighted by atomic mass is 9.67. The first kappa shape index (κ1) is 13.9. The normalized spacial score (nSPS) is 16.8. The number of methoxy groups -OCH3 is 1. The van der Waals surface area contributed by atoms with Crippen molar-refractivity contribution in [1.29, 1.82) is 0 Å². The summed E-state index contributed by atoms with van der Waals surface area (Å²) in [6.45, 7) is 0.329. The molecule has 0 radical (unpaired) electrons. The van der Waals surface area contributed by atoms with Gasteiger partial charge in [-0.1, -0.05) is 18.6 Å². The summed E-state index contributed by atoms with van der Waals surface area (Å²) in [7, 11) is 2.98. The highest BCUT2D eigenvalue weighted by molar-refractivity contribution is 7.80. The summed E-state index contributed by atoms with van der Waals surface area (Å²) < 4.78 is 4.53. The Hall–Kier alpha value is -1.17. The van der Waals surface area contributed by atoms with Gasteiger partial charge in [0.05, 0.1) is 23.9 Å². The number of thiocarbonyl (C=S) groups is 1. The Morgan fingerprint density at radius 1 is 1.47 bits per heavy atom. The monoisotopic (exact) mass is 258 g/mol. The van der Waals surface area contributed by atoms with Crippen LogP contribution in [0.2, 0.25) is 0 Å². The fourth-order valence-corrected chi connectivity index (χ4v) is 2.22. The van der Waals surface area contributed by atoms with E-state index >= 15 is 0 Å². The van der Waals surface area contributed by atoms with E-state index in [4.69, 9.17) is 18.0 Å². The number of nitrogens with two attached hydrogens (primary N) is 1. The van der Waals surface area contributed by atoms with Gasteiger partial charge < -0.3 is 15.4 Å². The topological polar surface area (TPSA) is 72.6 Å². The first-order valence-electron chi connectivity index (χ1n) is 5.56. The quantitative estimate of drug-likeness (QED) is 0.573. The number of hydrogen-bond acceptors (Lipinski definition) is 4. The number of ether oxygens (including phenoxy) is 1. The van der Waals surface area contributed by atoms with Crippen molar-refractivity contribution in [2.45, 2.75) is 25.7 Å². The lowest BCUT2D eigenvalue weighted by Crippen LogP contribution is -2.53. The highest BCUT2D eigenvalue weighted by atomic mass is 32.1. The van der Waals surface area contributed by atoms with E-state index in [1.165, 1.54) is 12.0 Å². The van der Waals surface area contributed by atoms with Crippen molar-refractivity contribution in [3.05, 3.63) is 0 Å². The predicted octanol–water partition coefficient (Wildman–Crippen LogP) is 0.464. The second-order valence-corrected chi connectivity index (χ2v) is 4.79. The van der Waals surface area contributed by atoms with Crippen molar-refractivity contribution in [2.75, 3.05) is 20.7 Å². The summed E-state index contributed by atoms with van der Waals surface area (Å²) in [5.74, 6) is -0.414. The van der Waals surface area contributed by atoms with Crippen molar-refractivity contribution in [3.63, 3.8) is 0 Å². The van der Waals surface area contributed by atoms with Crippen molar-refractivity contribution in [2.24, 2.45) is 11.1 Å². The third-order valence-electron chi connectivity index (χ3n) is 3.31. The maximum atomic E-state index is 12.2. The molecule has 1 fully saturated rings. The fraction of sp³-hybridized carbons (Fsp3) is 0.727. The highest BCUT2D eigenvalue weighted by Gasteiger charge is 2.48. The molecule has 2 N–H and O–H groups in total. The maximum absolute atomic E-state index is 12.2. The molecule has 0 bridgehead atoms. The number of rotatable bonds is 5. The molecule has 0 aromatic carbocycles. The van der Waals surface area contributed by atoms with Crippen molar-refractivity contribution in [1.82, 2.24) is 4.90 Å². The van der Waals surface area contributed by atoms with E-state index in [1.807, 2.05) is 0 Å². The van der Waals surface area contributed by atoms with Gasteiger partial charge in [-0.15, -0.1) is 0 Å². The lowest BCUT2D eigenvalue weighted by molar-refractivity contribution is -0.144. The van der Waals surface area contributed by atoms with Crippen LogP contribution in [-0.4, -0.2) is 42.5 Å². The van der Waals surface area contributed by atoms with Crippen LogP contribution in [0.25, 0.3) is 0 Å². The molecular weight excluding hydrogens is 240 g/mol. The van der Waals surface area contributed by atoms with Gasteiger partial charge in [-0.3, -0.25) is 9.59 Å². The molecule has 0 saturated heterocycles. The van der Waals surface area contributed by atoms with Crippen LogP contribution in [0.5, 0.6) is 0 Å². The van der Waals surface area contributed by atoms with Crippen LogP contribution in [0.3, 0.4) is 0 Å². The molecule has 1 aliphatic carbocycles. The summed E-state index contributed by atoms with van der Waals surface area (Å²) >= 11 is 4.97. The molecule has 1 rings (SSSR count). The summed E-state index contributed by atoms with van der Waals surface area (Å²) in [5, 5.41) is 0. The lowest BCUT2D eigenvalue weighted by Gasteiger charge is -2.41. The van der Waals surface area contributed by atoms with Gasteiger partial charge in [0.1, 0.15) is 0 Å². The van der Waals surface area contributed by atoms with Crippen LogP contribution in [0.4, 0.5) is 0 Å². The minimum absolute atomic E-state index is 0.0832. The van der Waals surface area contributed by atoms with E-state index in [0.29, 0.717) is 19.4 Å². The fourth-order valence-electron chi connectivity index (χ4n) is 1.92. The zero-order chi connectivity index (χ0) is 13.1. The molecule has 0 aromatic rings. The van der Waals surface area contributed by atoms with E-state index in [2.05, 4.69) is 4.74 Å². The average molecular weight is 258 g/mol. The van der Waals surface area contributed by atoms with E-state index in [0.717, 1.165) is 6.42 Å². The van der Waals surface area contributed by atoms with E-state index in [1.54, 1.807) is 7.05 Å². The molecule has 0 aliphatic heterocycles. The largest absolute Gasteiger partial charge is 0.469 e. The van der Waals surface area contributed by atoms with Crippen LogP contribution < -0.4 is 5.73 Å². The van der Waals surface area contributed by atoms with Gasteiger partial charge in [0.2, 0.25) is 5.91 Å². The maximum Gasteiger partial charge on any atom is 0.307 e. The highest BCUT2D eigenvalue weighted by Crippen LogP contribution is 2.42. The van der Waals surface area contributed by atoms with Gasteiger partial charge in [0.25, 0.3) is 0 Å². The van der Waals surface area contributed by atoms with Gasteiger partial charge in [-0.25, -0.2) is 0 Å². The molecule has 96 valence electrons. The average Bonchev–Trinajstić information content (AvgIpc) is 2.22. The zero-order valence-electron chi connectivity index (χ0n) is 10.2. The van der Waals surface area contributed by atoms with Crippen LogP contribution >= 0.6 is 12.2 Å². The number of carbonyl (C=O) groups excluding carboxylic acids is 2. The summed E-state index contributed by atoms with van der Waals surface area (Å²) in [6, 6.07) is 0. The Labute approximate surface area is 106 Å². The van der Waals surface area contributed by atoms with Crippen LogP contribution in [0, 0.1) is 5.41 Å². The van der Waals surface area contributed by atoms with Crippen molar-refractivity contribution in [3.8, 4) is 0 Å². The van der Waals surface area contributed by atoms with E-state index in [9.17, 15) is 9.59 Å². The van der Waals surface area contributed by atoms with Gasteiger partial charge in [-0.2, -0.15) is 0 Å². The standard InChI is InChI=1S/C11H18N2O3S/c1-13(7-4-8(14)16-2)10(15)11(9(12)17)5-3-6-11/h3-7H2,1-2H3,(H2,12,17). The first-order valence-corrected chi connectivity index (χ1v) is 5.97. The Morgan fingerprint density at radius 2 is 2.06 bits per heavy atom. The van der Waals surface area contributed by atoms with Gasteiger partial charge >= 0.3 is 5.97 Å². The second kappa shape index (κ2) is 5.44. The number of nitrogens with zero attached hydrogens (tertiary/aromatic N) is 1. The molecule has 0 aromatic heterocycles. The SMILES string of the molecule is COC(=O)CCN(C)C(=O)C1(C(N)=S)CCC1. The van der Waals surface area contributed by atoms with Crippen LogP contribution in [0.1, 0.15) is 25.7 Å². The Morgan fingerprint density at radius 3 is 2.41 bits per heavy atom. The molecule has 6 heteroatoms. The number of amides is 1. The molecule has 0 heterocycles. The van der Waals surface area contributed by atoms with Gasteiger partial charge in [0, 0.05) is 13.6 Å². The summed E-state index contributed by atoms with van der Waals surface area (Å²) in [4.78, 5) is 25.0. The third-order valence-corrected chi connectivity index (χ3v) is 3.70. The number of hydrogen-bond donors (Lipinski definition) is 1. The second-order valence-electron chi connectivity index (χ2n) is 4.35. The molecule has 0 atom stereocenters. The molecule has 1 aliphatic rings. The number of esters is 1. The van der Waals surface area contributed by atoms with Gasteiger partial charge in [-0.05, 0) is 12.8 Å². The molecule has 1 amide bonds. The third kappa shape index (κ3) is 2.74. The minimum Gasteiger partial charge on any atom is -0.469 e. The minimum atomic E-state index is -0.666. The van der Waals surface area contributed by atoms with Crippen LogP contribution in [0.15, 0.2) is 0 Å². The Balaban J connectivity index is 2.57. The van der Waals surface area contributed by atoms with E-state index in [-0.39, 0.29) is 23.3 Å². The zero-order valence-corrected chi connectivity index (χ0v) is 11.0. The molecule has 1 saturated carbocycles. The van der Waals surface area contributed by atoms with Crippen molar-refractivity contribution < 1.29 is 14.3 Å². The van der Waals surface area contributed by atoms with Crippen LogP contribution in [-0.2, 0) is 14.3 Å².